The van der Waals surface area contributed by atoms with Crippen molar-refractivity contribution in [3.8, 4) is 17.2 Å². The molecule has 2 aromatic carbocycles. The molecule has 5 N–H and O–H groups in total. The number of ether oxygens (including phenoxy) is 8. The Kier molecular flexibility index (Phi) is 9.88. The van der Waals surface area contributed by atoms with Gasteiger partial charge in [-0.15, -0.1) is 0 Å². The second-order valence-corrected chi connectivity index (χ2v) is 16.0. The molecule has 0 amide bonds. The summed E-state index contributed by atoms with van der Waals surface area (Å²) in [6, 6.07) is 1.50. The molecular weight excluding hydrogens is 738 g/mol. The van der Waals surface area contributed by atoms with Gasteiger partial charge in [-0.25, -0.2) is 0 Å². The first-order valence-corrected chi connectivity index (χ1v) is 18.2. The van der Waals surface area contributed by atoms with Crippen molar-refractivity contribution < 1.29 is 77.8 Å². The number of hydrogen-bond acceptors (Lipinski definition) is 17. The molecule has 0 aromatic heterocycles. The molecule has 56 heavy (non-hydrogen) atoms. The highest BCUT2D eigenvalue weighted by molar-refractivity contribution is 6.31. The zero-order valence-corrected chi connectivity index (χ0v) is 32.8. The molecule has 2 bridgehead atoms. The van der Waals surface area contributed by atoms with E-state index in [2.05, 4.69) is 0 Å². The summed E-state index contributed by atoms with van der Waals surface area (Å²) in [5.41, 5.74) is -6.55. The zero-order valence-electron chi connectivity index (χ0n) is 32.8. The predicted octanol–water partition coefficient (Wildman–Crippen LogP) is 1.14. The Morgan fingerprint density at radius 2 is 1.61 bits per heavy atom. The van der Waals surface area contributed by atoms with E-state index in [1.165, 1.54) is 41.2 Å². The maximum absolute atomic E-state index is 14.8. The Bertz CT molecular complexity index is 1980. The Morgan fingerprint density at radius 3 is 2.20 bits per heavy atom. The normalized spacial score (nSPS) is 38.6. The number of carbonyl (C=O) groups is 3. The highest BCUT2D eigenvalue weighted by Crippen LogP contribution is 2.56. The second-order valence-electron chi connectivity index (χ2n) is 16.0. The number of hydrogen-bond donors (Lipinski definition) is 5. The summed E-state index contributed by atoms with van der Waals surface area (Å²) < 4.78 is 47.4. The van der Waals surface area contributed by atoms with Gasteiger partial charge < -0.3 is 68.3 Å². The van der Waals surface area contributed by atoms with E-state index >= 15 is 0 Å². The van der Waals surface area contributed by atoms with Crippen molar-refractivity contribution in [1.29, 1.82) is 0 Å². The summed E-state index contributed by atoms with van der Waals surface area (Å²) in [6.45, 7) is 6.40. The largest absolute Gasteiger partial charge is 0.507 e. The molecule has 306 valence electrons. The number of esters is 1. The van der Waals surface area contributed by atoms with Crippen LogP contribution in [0.3, 0.4) is 0 Å². The third-order valence-corrected chi connectivity index (χ3v) is 12.5. The van der Waals surface area contributed by atoms with Crippen LogP contribution in [0.4, 0.5) is 0 Å². The standard InChI is InChI=1S/C39H49NO16/c1-14-32(49-7)39(4,52-10)33(50-8)36(53-14)54-19-13-37(2,48)24(34(47)51-9)15-11-16-21(27(43)20(15)19)28(44)22-18(41)12-17-30(23(22)26(16)42)55-35-29(45)25(40(5)6)31(46)38(17,3)56-35/h11-12,14,19,24-25,29,31-33,35-36,41,43,45-46,48H,13H2,1-10H3/t14-,19+,24+,25+,29+,31-,32+,33-,35+,36+,37+,38-,39+/m1/s1. The van der Waals surface area contributed by atoms with E-state index in [1.807, 2.05) is 0 Å². The van der Waals surface area contributed by atoms with Gasteiger partial charge in [0, 0.05) is 44.4 Å². The lowest BCUT2D eigenvalue weighted by Crippen LogP contribution is -2.68. The van der Waals surface area contributed by atoms with E-state index < -0.39 is 124 Å². The summed E-state index contributed by atoms with van der Waals surface area (Å²) in [6.07, 6.45) is -9.16. The molecule has 2 aliphatic carbocycles. The van der Waals surface area contributed by atoms with Gasteiger partial charge in [-0.1, -0.05) is 0 Å². The van der Waals surface area contributed by atoms with Crippen LogP contribution in [-0.4, -0.2) is 151 Å². The van der Waals surface area contributed by atoms with Crippen LogP contribution in [0.5, 0.6) is 17.2 Å². The smallest absolute Gasteiger partial charge is 0.316 e. The lowest BCUT2D eigenvalue weighted by Gasteiger charge is -2.53. The van der Waals surface area contributed by atoms with E-state index in [0.29, 0.717) is 0 Å². The summed E-state index contributed by atoms with van der Waals surface area (Å²) >= 11 is 0. The molecule has 0 unspecified atom stereocenters. The molecule has 2 fully saturated rings. The van der Waals surface area contributed by atoms with E-state index in [9.17, 15) is 39.9 Å². The fourth-order valence-corrected chi connectivity index (χ4v) is 9.68. The van der Waals surface area contributed by atoms with Crippen molar-refractivity contribution >= 4 is 17.5 Å². The molecule has 5 aliphatic rings. The van der Waals surface area contributed by atoms with Crippen molar-refractivity contribution in [1.82, 2.24) is 4.90 Å². The minimum Gasteiger partial charge on any atom is -0.507 e. The molecule has 0 radical (unpaired) electrons. The van der Waals surface area contributed by atoms with E-state index in [0.717, 1.165) is 13.2 Å². The molecule has 13 atom stereocenters. The van der Waals surface area contributed by atoms with E-state index in [4.69, 9.17) is 37.9 Å². The number of rotatable bonds is 7. The average molecular weight is 788 g/mol. The van der Waals surface area contributed by atoms with Gasteiger partial charge in [0.05, 0.1) is 47.7 Å². The third kappa shape index (κ3) is 5.47. The highest BCUT2D eigenvalue weighted by Gasteiger charge is 2.60. The fourth-order valence-electron chi connectivity index (χ4n) is 9.68. The molecular formula is C39H49NO16. The summed E-state index contributed by atoms with van der Waals surface area (Å²) in [5.74, 6) is -5.85. The number of fused-ring (bicyclic) bond motifs is 8. The number of nitrogens with zero attached hydrogens (tertiary/aromatic N) is 1. The number of likely N-dealkylation sites (N-methyl/N-ethyl adjacent to an activating group) is 1. The molecule has 17 heteroatoms. The third-order valence-electron chi connectivity index (χ3n) is 12.5. The molecule has 0 saturated carbocycles. The quantitative estimate of drug-likeness (QED) is 0.212. The number of methoxy groups -OCH3 is 4. The van der Waals surface area contributed by atoms with Crippen LogP contribution in [0.1, 0.15) is 94.7 Å². The number of aliphatic hydroxyl groups is 3. The van der Waals surface area contributed by atoms with Gasteiger partial charge in [0.25, 0.3) is 0 Å². The Labute approximate surface area is 322 Å². The summed E-state index contributed by atoms with van der Waals surface area (Å²) in [5, 5.41) is 58.3. The van der Waals surface area contributed by atoms with Crippen LogP contribution < -0.4 is 4.74 Å². The second kappa shape index (κ2) is 13.7. The van der Waals surface area contributed by atoms with Gasteiger partial charge in [0.1, 0.15) is 58.8 Å². The van der Waals surface area contributed by atoms with Gasteiger partial charge in [-0.3, -0.25) is 14.4 Å². The van der Waals surface area contributed by atoms with Crippen LogP contribution in [-0.2, 0) is 43.6 Å². The molecule has 2 aromatic rings. The van der Waals surface area contributed by atoms with Gasteiger partial charge in [0.15, 0.2) is 12.1 Å². The minimum absolute atomic E-state index is 0.0417. The predicted molar refractivity (Wildman–Crippen MR) is 191 cm³/mol. The van der Waals surface area contributed by atoms with Crippen molar-refractivity contribution in [3.63, 3.8) is 0 Å². The molecule has 17 nitrogen and oxygen atoms in total. The first kappa shape index (κ1) is 40.4. The van der Waals surface area contributed by atoms with Gasteiger partial charge >= 0.3 is 5.97 Å². The number of aliphatic hydroxyl groups excluding tert-OH is 2. The maximum Gasteiger partial charge on any atom is 0.316 e. The maximum atomic E-state index is 14.8. The fraction of sp³-hybridized carbons (Fsp3) is 0.615. The highest BCUT2D eigenvalue weighted by atomic mass is 16.7. The minimum atomic E-state index is -1.91. The number of phenolic OH excluding ortho intramolecular Hbond substituents is 2. The Hall–Kier alpha value is -3.75. The number of phenols is 2. The van der Waals surface area contributed by atoms with E-state index in [-0.39, 0.29) is 34.4 Å². The summed E-state index contributed by atoms with van der Waals surface area (Å²) in [4.78, 5) is 44.4. The molecule has 2 saturated heterocycles. The topological polar surface area (TPSA) is 229 Å². The zero-order chi connectivity index (χ0) is 41.1. The number of benzene rings is 2. The lowest BCUT2D eigenvalue weighted by molar-refractivity contribution is -0.345. The van der Waals surface area contributed by atoms with Crippen LogP contribution >= 0.6 is 0 Å². The van der Waals surface area contributed by atoms with Gasteiger partial charge in [-0.05, 0) is 59.5 Å². The van der Waals surface area contributed by atoms with Crippen LogP contribution in [0.25, 0.3) is 0 Å². The molecule has 7 rings (SSSR count). The van der Waals surface area contributed by atoms with Crippen LogP contribution in [0.15, 0.2) is 12.1 Å². The molecule has 0 spiro atoms. The Balaban J connectivity index is 1.40. The van der Waals surface area contributed by atoms with Crippen molar-refractivity contribution in [2.45, 2.75) is 112 Å². The molecule has 3 aliphatic heterocycles. The lowest BCUT2D eigenvalue weighted by atomic mass is 9.68. The number of aromatic hydroxyl groups is 2. The van der Waals surface area contributed by atoms with Crippen LogP contribution in [0.2, 0.25) is 0 Å². The van der Waals surface area contributed by atoms with Gasteiger partial charge in [0.2, 0.25) is 12.1 Å². The SMILES string of the molecule is COC(=O)[C@@H]1c2cc3c(c(O)c2[C@@H](O[C@@H]2O[C@H](C)[C@H](OC)[C@](C)(OC)[C@@H]2OC)C[C@]1(C)O)C(=O)c1c(O)cc2c(c1C3=O)O[C@H]1O[C@@]2(C)[C@H](O)[C@@H](N(C)C)[C@@H]1O. The van der Waals surface area contributed by atoms with Gasteiger partial charge in [-0.2, -0.15) is 0 Å². The number of carbonyl (C=O) groups excluding carboxylic acids is 3. The first-order chi connectivity index (χ1) is 26.2. The Morgan fingerprint density at radius 1 is 0.946 bits per heavy atom. The van der Waals surface area contributed by atoms with Crippen molar-refractivity contribution in [2.24, 2.45) is 0 Å². The van der Waals surface area contributed by atoms with Crippen LogP contribution in [0, 0.1) is 0 Å². The summed E-state index contributed by atoms with van der Waals surface area (Å²) in [7, 11) is 8.84. The monoisotopic (exact) mass is 787 g/mol. The van der Waals surface area contributed by atoms with Crippen molar-refractivity contribution in [2.75, 3.05) is 42.5 Å². The van der Waals surface area contributed by atoms with E-state index in [1.54, 1.807) is 32.8 Å². The first-order valence-electron chi connectivity index (χ1n) is 18.2. The van der Waals surface area contributed by atoms with Crippen molar-refractivity contribution in [3.05, 3.63) is 51.1 Å². The molecule has 3 heterocycles. The average Bonchev–Trinajstić information content (AvgIpc) is 3.12. The number of ketones is 2.